The number of hydrogen-bond donors (Lipinski definition) is 2. The summed E-state index contributed by atoms with van der Waals surface area (Å²) in [5.74, 6) is -2.50. The first kappa shape index (κ1) is 20.4. The molecule has 0 aliphatic carbocycles. The van der Waals surface area contributed by atoms with Crippen LogP contribution in [0, 0.1) is 0 Å². The van der Waals surface area contributed by atoms with Crippen molar-refractivity contribution in [2.24, 2.45) is 0 Å². The number of aliphatic carboxylic acids is 2. The van der Waals surface area contributed by atoms with Crippen molar-refractivity contribution in [2.45, 2.75) is 17.9 Å². The van der Waals surface area contributed by atoms with Gasteiger partial charge in [-0.1, -0.05) is 35.9 Å². The number of aliphatic hydroxyl groups is 1. The predicted molar refractivity (Wildman–Crippen MR) is 106 cm³/mol. The van der Waals surface area contributed by atoms with E-state index in [1.807, 2.05) is 0 Å². The quantitative estimate of drug-likeness (QED) is 0.570. The molecule has 2 heterocycles. The number of carboxylic acid groups (broad SMARTS) is 2. The summed E-state index contributed by atoms with van der Waals surface area (Å²) in [7, 11) is 1.64. The van der Waals surface area contributed by atoms with Gasteiger partial charge in [-0.05, 0) is 18.2 Å². The zero-order chi connectivity index (χ0) is 21.7. The van der Waals surface area contributed by atoms with E-state index in [0.29, 0.717) is 33.7 Å². The lowest BCUT2D eigenvalue weighted by molar-refractivity contribution is -0.879. The van der Waals surface area contributed by atoms with Crippen LogP contribution in [0.5, 0.6) is 11.5 Å². The van der Waals surface area contributed by atoms with Gasteiger partial charge in [0.1, 0.15) is 23.1 Å². The van der Waals surface area contributed by atoms with Crippen molar-refractivity contribution in [3.63, 3.8) is 0 Å². The lowest BCUT2D eigenvalue weighted by Gasteiger charge is -2.49. The second-order valence-electron chi connectivity index (χ2n) is 7.96. The fourth-order valence-electron chi connectivity index (χ4n) is 4.60. The van der Waals surface area contributed by atoms with Crippen LogP contribution in [0.15, 0.2) is 54.2 Å². The van der Waals surface area contributed by atoms with E-state index in [9.17, 15) is 19.8 Å². The van der Waals surface area contributed by atoms with Gasteiger partial charge in [-0.25, -0.2) is 4.79 Å². The van der Waals surface area contributed by atoms with Crippen LogP contribution in [0.3, 0.4) is 0 Å². The van der Waals surface area contributed by atoms with Crippen molar-refractivity contribution in [3.8, 4) is 11.5 Å². The number of likely N-dealkylation sites (N-methyl/N-ethyl adjacent to an activating group) is 1. The largest absolute Gasteiger partial charge is 0.540 e. The fraction of sp³-hybridized carbons (Fsp3) is 0.273. The molecule has 2 N–H and O–H groups in total. The van der Waals surface area contributed by atoms with Crippen LogP contribution in [0.25, 0.3) is 0 Å². The monoisotopic (exact) mass is 429 g/mol. The number of carbonyl (C=O) groups is 2. The Labute approximate surface area is 178 Å². The van der Waals surface area contributed by atoms with Gasteiger partial charge >= 0.3 is 5.97 Å². The van der Waals surface area contributed by atoms with Crippen molar-refractivity contribution in [1.29, 1.82) is 0 Å². The summed E-state index contributed by atoms with van der Waals surface area (Å²) in [6, 6.07) is 12.3. The van der Waals surface area contributed by atoms with E-state index in [1.165, 1.54) is 0 Å². The summed E-state index contributed by atoms with van der Waals surface area (Å²) in [5.41, 5.74) is -0.396. The highest BCUT2D eigenvalue weighted by atomic mass is 35.5. The molecule has 3 atom stereocenters. The second-order valence-corrected chi connectivity index (χ2v) is 8.40. The van der Waals surface area contributed by atoms with Gasteiger partial charge in [-0.15, -0.1) is 0 Å². The van der Waals surface area contributed by atoms with Crippen LogP contribution in [0.1, 0.15) is 23.5 Å². The minimum absolute atomic E-state index is 0.135. The van der Waals surface area contributed by atoms with Gasteiger partial charge in [-0.2, -0.15) is 0 Å². The number of piperidine rings is 1. The maximum Gasteiger partial charge on any atom is 0.334 e. The highest BCUT2D eigenvalue weighted by Crippen LogP contribution is 2.54. The van der Waals surface area contributed by atoms with E-state index in [1.54, 1.807) is 49.5 Å². The summed E-state index contributed by atoms with van der Waals surface area (Å²) in [5, 5.41) is 33.3. The number of carbonyl (C=O) groups excluding carboxylic acids is 1. The number of para-hydroxylation sites is 1. The Morgan fingerprint density at radius 1 is 1.27 bits per heavy atom. The van der Waals surface area contributed by atoms with E-state index >= 15 is 0 Å². The number of halogens is 1. The molecule has 2 aliphatic heterocycles. The van der Waals surface area contributed by atoms with E-state index in [2.05, 4.69) is 0 Å². The summed E-state index contributed by atoms with van der Waals surface area (Å²) in [6.07, 6.45) is 0.866. The Morgan fingerprint density at radius 3 is 2.70 bits per heavy atom. The van der Waals surface area contributed by atoms with Crippen molar-refractivity contribution in [1.82, 2.24) is 0 Å². The molecule has 1 saturated heterocycles. The lowest BCUT2D eigenvalue weighted by Crippen LogP contribution is -2.59. The summed E-state index contributed by atoms with van der Waals surface area (Å²) in [4.78, 5) is 23.0. The van der Waals surface area contributed by atoms with Gasteiger partial charge in [0.15, 0.2) is 5.70 Å². The molecule has 2 aliphatic rings. The third-order valence-corrected chi connectivity index (χ3v) is 6.36. The molecule has 2 aromatic rings. The minimum Gasteiger partial charge on any atom is -0.540 e. The molecular formula is C22H20ClNO6. The molecule has 30 heavy (non-hydrogen) atoms. The highest BCUT2D eigenvalue weighted by Gasteiger charge is 2.53. The molecule has 0 bridgehead atoms. The summed E-state index contributed by atoms with van der Waals surface area (Å²) in [6.45, 7) is 0.341. The van der Waals surface area contributed by atoms with Crippen molar-refractivity contribution >= 4 is 23.5 Å². The third-order valence-electron chi connectivity index (χ3n) is 6.12. The molecule has 2 aromatic carbocycles. The number of benzene rings is 2. The number of hydrogen-bond acceptors (Lipinski definition) is 5. The Hall–Kier alpha value is -2.87. The number of rotatable bonds is 3. The van der Waals surface area contributed by atoms with Crippen LogP contribution in [-0.4, -0.2) is 46.8 Å². The normalized spacial score (nSPS) is 27.7. The Balaban J connectivity index is 1.90. The molecule has 4 rings (SSSR count). The minimum atomic E-state index is -1.55. The van der Waals surface area contributed by atoms with Crippen LogP contribution in [-0.2, 0) is 15.2 Å². The number of ether oxygens (including phenoxy) is 1. The fourth-order valence-corrected chi connectivity index (χ4v) is 4.76. The zero-order valence-electron chi connectivity index (χ0n) is 16.2. The summed E-state index contributed by atoms with van der Waals surface area (Å²) >= 11 is 6.17. The number of likely N-dealkylation sites (tertiary alicyclic amines) is 1. The summed E-state index contributed by atoms with van der Waals surface area (Å²) < 4.78 is 5.89. The van der Waals surface area contributed by atoms with Gasteiger partial charge in [0.05, 0.1) is 32.1 Å². The Bertz CT molecular complexity index is 1080. The molecular weight excluding hydrogens is 410 g/mol. The number of nitrogens with zero attached hydrogens (tertiary/aromatic N) is 1. The van der Waals surface area contributed by atoms with E-state index < -0.39 is 23.5 Å². The Kier molecular flexibility index (Phi) is 4.85. The topological polar surface area (TPSA) is 107 Å². The maximum absolute atomic E-state index is 11.9. The first-order valence-electron chi connectivity index (χ1n) is 9.44. The van der Waals surface area contributed by atoms with E-state index in [-0.39, 0.29) is 29.7 Å². The van der Waals surface area contributed by atoms with Crippen LogP contribution in [0.2, 0.25) is 5.02 Å². The van der Waals surface area contributed by atoms with Gasteiger partial charge in [0.25, 0.3) is 0 Å². The highest BCUT2D eigenvalue weighted by molar-refractivity contribution is 6.30. The molecule has 8 heteroatoms. The van der Waals surface area contributed by atoms with Crippen LogP contribution >= 0.6 is 11.6 Å². The van der Waals surface area contributed by atoms with Crippen LogP contribution < -0.4 is 9.84 Å². The third kappa shape index (κ3) is 3.25. The zero-order valence-corrected chi connectivity index (χ0v) is 16.9. The molecule has 0 spiro atoms. The van der Waals surface area contributed by atoms with Gasteiger partial charge in [-0.3, -0.25) is 4.48 Å². The molecule has 0 saturated carbocycles. The SMILES string of the molecule is C[N@@+]1(/C(=C\C(=O)O)C(=O)[O-])CC[C@@]2(O)c3ccccc3Oc3cc(Cl)ccc3[C@H]2C1. The molecule has 0 radical (unpaired) electrons. The van der Waals surface area contributed by atoms with Crippen molar-refractivity contribution in [2.75, 3.05) is 20.1 Å². The lowest BCUT2D eigenvalue weighted by atomic mass is 9.72. The van der Waals surface area contributed by atoms with E-state index in [0.717, 1.165) is 0 Å². The average Bonchev–Trinajstić information content (AvgIpc) is 2.78. The number of carboxylic acids is 2. The number of fused-ring (bicyclic) bond motifs is 5. The molecule has 7 nitrogen and oxygen atoms in total. The number of quaternary nitrogens is 1. The predicted octanol–water partition coefficient (Wildman–Crippen LogP) is 1.99. The molecule has 156 valence electrons. The Morgan fingerprint density at radius 2 is 2.00 bits per heavy atom. The standard InChI is InChI=1S/C22H20ClNO6/c1-24(17(21(27)28)11-20(25)26)9-8-22(29)15-4-2-3-5-18(15)30-19-10-13(23)6-7-14(19)16(22)12-24/h2-7,10-11,16,29H,8-9,12H2,1H3,(H-,25,26,27,28)/b17-11-/t16-,22-,24-/m1/s1. The van der Waals surface area contributed by atoms with E-state index in [4.69, 9.17) is 21.4 Å². The van der Waals surface area contributed by atoms with Gasteiger partial charge in [0.2, 0.25) is 0 Å². The molecule has 0 aromatic heterocycles. The first-order chi connectivity index (χ1) is 14.1. The second kappa shape index (κ2) is 7.12. The smallest absolute Gasteiger partial charge is 0.334 e. The molecule has 0 unspecified atom stereocenters. The molecule has 0 amide bonds. The molecule has 1 fully saturated rings. The first-order valence-corrected chi connectivity index (χ1v) is 9.82. The van der Waals surface area contributed by atoms with Crippen LogP contribution in [0.4, 0.5) is 0 Å². The van der Waals surface area contributed by atoms with Crippen molar-refractivity contribution < 1.29 is 34.1 Å². The van der Waals surface area contributed by atoms with Gasteiger partial charge < -0.3 is 24.9 Å². The van der Waals surface area contributed by atoms with Gasteiger partial charge in [0, 0.05) is 22.6 Å². The van der Waals surface area contributed by atoms with Crippen molar-refractivity contribution in [3.05, 3.63) is 70.4 Å². The average molecular weight is 430 g/mol. The maximum atomic E-state index is 11.9.